The molecule has 1 aromatic heterocycles. The average molecular weight is 309 g/mol. The number of ether oxygens (including phenoxy) is 1. The summed E-state index contributed by atoms with van der Waals surface area (Å²) in [6, 6.07) is 8.42. The number of hydrogen-bond acceptors (Lipinski definition) is 5. The largest absolute Gasteiger partial charge is 0.465 e. The summed E-state index contributed by atoms with van der Waals surface area (Å²) in [5.41, 5.74) is 2.79. The van der Waals surface area contributed by atoms with Gasteiger partial charge in [0.2, 0.25) is 0 Å². The third kappa shape index (κ3) is 2.39. The van der Waals surface area contributed by atoms with E-state index < -0.39 is 5.97 Å². The Hall–Kier alpha value is -1.59. The molecule has 0 aliphatic heterocycles. The lowest BCUT2D eigenvalue weighted by atomic mass is 9.78. The SMILES string of the molecule is COC(=O)c1sc(NCC2Cc3ccccc32)nc1Cl. The number of hydrogen-bond donors (Lipinski definition) is 1. The van der Waals surface area contributed by atoms with Crippen LogP contribution in [0.2, 0.25) is 5.15 Å². The van der Waals surface area contributed by atoms with Crippen LogP contribution in [0.15, 0.2) is 24.3 Å². The fourth-order valence-corrected chi connectivity index (χ4v) is 3.46. The van der Waals surface area contributed by atoms with Gasteiger partial charge in [-0.15, -0.1) is 0 Å². The van der Waals surface area contributed by atoms with E-state index in [-0.39, 0.29) is 5.15 Å². The predicted molar refractivity (Wildman–Crippen MR) is 79.8 cm³/mol. The number of carbonyl (C=O) groups excluding carboxylic acids is 1. The zero-order valence-corrected chi connectivity index (χ0v) is 12.4. The minimum atomic E-state index is -0.450. The van der Waals surface area contributed by atoms with Crippen molar-refractivity contribution in [2.45, 2.75) is 12.3 Å². The number of nitrogens with one attached hydrogen (secondary N) is 1. The molecule has 1 N–H and O–H groups in total. The van der Waals surface area contributed by atoms with Gasteiger partial charge >= 0.3 is 5.97 Å². The van der Waals surface area contributed by atoms with Crippen LogP contribution < -0.4 is 5.32 Å². The Labute approximate surface area is 125 Å². The lowest BCUT2D eigenvalue weighted by Gasteiger charge is -2.30. The van der Waals surface area contributed by atoms with Gasteiger partial charge in [-0.05, 0) is 17.5 Å². The van der Waals surface area contributed by atoms with Crippen molar-refractivity contribution in [1.82, 2.24) is 4.98 Å². The number of thiazole rings is 1. The van der Waals surface area contributed by atoms with Crippen LogP contribution in [0.1, 0.15) is 26.7 Å². The summed E-state index contributed by atoms with van der Waals surface area (Å²) >= 11 is 7.14. The minimum Gasteiger partial charge on any atom is -0.465 e. The zero-order valence-electron chi connectivity index (χ0n) is 10.9. The number of benzene rings is 1. The van der Waals surface area contributed by atoms with Crippen molar-refractivity contribution in [3.63, 3.8) is 0 Å². The monoisotopic (exact) mass is 308 g/mol. The molecule has 20 heavy (non-hydrogen) atoms. The number of nitrogens with zero attached hydrogens (tertiary/aromatic N) is 1. The van der Waals surface area contributed by atoms with Gasteiger partial charge in [-0.1, -0.05) is 47.2 Å². The van der Waals surface area contributed by atoms with Gasteiger partial charge < -0.3 is 10.1 Å². The molecular weight excluding hydrogens is 296 g/mol. The first-order chi connectivity index (χ1) is 9.69. The summed E-state index contributed by atoms with van der Waals surface area (Å²) in [6.45, 7) is 0.793. The van der Waals surface area contributed by atoms with Gasteiger partial charge in [-0.3, -0.25) is 0 Å². The molecule has 2 aromatic rings. The molecule has 4 nitrogen and oxygen atoms in total. The number of anilines is 1. The number of rotatable bonds is 4. The summed E-state index contributed by atoms with van der Waals surface area (Å²) < 4.78 is 4.65. The maximum atomic E-state index is 11.5. The van der Waals surface area contributed by atoms with Crippen LogP contribution >= 0.6 is 22.9 Å². The molecule has 0 fully saturated rings. The number of esters is 1. The maximum absolute atomic E-state index is 11.5. The molecule has 1 aromatic carbocycles. The van der Waals surface area contributed by atoms with Gasteiger partial charge in [-0.25, -0.2) is 9.78 Å². The normalized spacial score (nSPS) is 16.2. The number of fused-ring (bicyclic) bond motifs is 1. The minimum absolute atomic E-state index is 0.193. The standard InChI is InChI=1S/C14H13ClN2O2S/c1-19-13(18)11-12(15)17-14(20-11)16-7-9-6-8-4-2-3-5-10(8)9/h2-5,9H,6-7H2,1H3,(H,16,17). The van der Waals surface area contributed by atoms with E-state index >= 15 is 0 Å². The van der Waals surface area contributed by atoms with E-state index in [0.29, 0.717) is 15.9 Å². The van der Waals surface area contributed by atoms with Crippen LogP contribution in [0.5, 0.6) is 0 Å². The Morgan fingerprint density at radius 1 is 1.55 bits per heavy atom. The Morgan fingerprint density at radius 2 is 2.35 bits per heavy atom. The van der Waals surface area contributed by atoms with Crippen molar-refractivity contribution in [2.75, 3.05) is 19.0 Å². The summed E-state index contributed by atoms with van der Waals surface area (Å²) in [5.74, 6) is 0.0463. The first kappa shape index (κ1) is 13.4. The molecule has 0 bridgehead atoms. The molecule has 1 unspecified atom stereocenters. The second-order valence-electron chi connectivity index (χ2n) is 4.61. The van der Waals surface area contributed by atoms with Crippen LogP contribution in [-0.2, 0) is 11.2 Å². The molecule has 3 rings (SSSR count). The van der Waals surface area contributed by atoms with Gasteiger partial charge in [0.25, 0.3) is 0 Å². The highest BCUT2D eigenvalue weighted by atomic mass is 35.5. The van der Waals surface area contributed by atoms with Crippen molar-refractivity contribution in [1.29, 1.82) is 0 Å². The Morgan fingerprint density at radius 3 is 3.10 bits per heavy atom. The Kier molecular flexibility index (Phi) is 3.63. The molecule has 1 aliphatic rings. The number of halogens is 1. The van der Waals surface area contributed by atoms with Gasteiger partial charge in [0, 0.05) is 12.5 Å². The molecule has 0 saturated heterocycles. The zero-order chi connectivity index (χ0) is 14.1. The molecule has 1 aliphatic carbocycles. The quantitative estimate of drug-likeness (QED) is 0.880. The summed E-state index contributed by atoms with van der Waals surface area (Å²) in [7, 11) is 1.33. The summed E-state index contributed by atoms with van der Waals surface area (Å²) in [6.07, 6.45) is 1.08. The van der Waals surface area contributed by atoms with Crippen molar-refractivity contribution >= 4 is 34.0 Å². The lowest BCUT2D eigenvalue weighted by Crippen LogP contribution is -2.24. The highest BCUT2D eigenvalue weighted by molar-refractivity contribution is 7.18. The van der Waals surface area contributed by atoms with Crippen LogP contribution in [0.25, 0.3) is 0 Å². The van der Waals surface area contributed by atoms with Crippen LogP contribution in [-0.4, -0.2) is 24.6 Å². The fourth-order valence-electron chi connectivity index (χ4n) is 2.35. The van der Waals surface area contributed by atoms with Crippen LogP contribution in [0.4, 0.5) is 5.13 Å². The molecule has 0 amide bonds. The lowest BCUT2D eigenvalue weighted by molar-refractivity contribution is 0.0606. The van der Waals surface area contributed by atoms with Crippen molar-refractivity contribution in [3.8, 4) is 0 Å². The van der Waals surface area contributed by atoms with E-state index in [1.165, 1.54) is 29.6 Å². The Balaban J connectivity index is 1.64. The second-order valence-corrected chi connectivity index (χ2v) is 5.97. The molecule has 0 spiro atoms. The predicted octanol–water partition coefficient (Wildman–Crippen LogP) is 3.33. The number of methoxy groups -OCH3 is 1. The van der Waals surface area contributed by atoms with Crippen molar-refractivity contribution in [3.05, 3.63) is 45.4 Å². The van der Waals surface area contributed by atoms with Crippen LogP contribution in [0, 0.1) is 0 Å². The highest BCUT2D eigenvalue weighted by Crippen LogP contribution is 2.35. The van der Waals surface area contributed by atoms with Crippen molar-refractivity contribution < 1.29 is 9.53 Å². The highest BCUT2D eigenvalue weighted by Gasteiger charge is 2.25. The van der Waals surface area contributed by atoms with Gasteiger partial charge in [-0.2, -0.15) is 0 Å². The van der Waals surface area contributed by atoms with Gasteiger partial charge in [0.15, 0.2) is 15.2 Å². The summed E-state index contributed by atoms with van der Waals surface area (Å²) in [5, 5.41) is 4.09. The van der Waals surface area contributed by atoms with E-state index in [1.54, 1.807) is 0 Å². The van der Waals surface area contributed by atoms with Crippen LogP contribution in [0.3, 0.4) is 0 Å². The molecule has 104 valence electrons. The second kappa shape index (κ2) is 5.42. The number of aromatic nitrogens is 1. The van der Waals surface area contributed by atoms with E-state index in [2.05, 4.69) is 39.3 Å². The smallest absolute Gasteiger partial charge is 0.351 e. The number of carbonyl (C=O) groups is 1. The maximum Gasteiger partial charge on any atom is 0.351 e. The fraction of sp³-hybridized carbons (Fsp3) is 0.286. The van der Waals surface area contributed by atoms with E-state index in [0.717, 1.165) is 13.0 Å². The molecule has 0 saturated carbocycles. The Bertz CT molecular complexity index is 656. The third-order valence-electron chi connectivity index (χ3n) is 3.42. The average Bonchev–Trinajstić information content (AvgIpc) is 2.80. The molecular formula is C14H13ClN2O2S. The van der Waals surface area contributed by atoms with E-state index in [1.807, 2.05) is 0 Å². The summed E-state index contributed by atoms with van der Waals surface area (Å²) in [4.78, 5) is 15.9. The van der Waals surface area contributed by atoms with E-state index in [9.17, 15) is 4.79 Å². The van der Waals surface area contributed by atoms with E-state index in [4.69, 9.17) is 11.6 Å². The first-order valence-electron chi connectivity index (χ1n) is 6.25. The molecule has 1 atom stereocenters. The van der Waals surface area contributed by atoms with Gasteiger partial charge in [0.05, 0.1) is 7.11 Å². The molecule has 0 radical (unpaired) electrons. The molecule has 1 heterocycles. The molecule has 6 heteroatoms. The van der Waals surface area contributed by atoms with Crippen molar-refractivity contribution in [2.24, 2.45) is 0 Å². The van der Waals surface area contributed by atoms with Gasteiger partial charge in [0.1, 0.15) is 0 Å². The third-order valence-corrected chi connectivity index (χ3v) is 4.80. The topological polar surface area (TPSA) is 51.2 Å². The first-order valence-corrected chi connectivity index (χ1v) is 7.45.